The minimum Gasteiger partial charge on any atom is -0.409 e. The molecule has 2 aromatic carbocycles. The molecule has 2 aromatic rings. The Hall–Kier alpha value is -2.08. The largest absolute Gasteiger partial charge is 0.409 e. The average molecular weight is 352 g/mol. The van der Waals surface area contributed by atoms with Crippen molar-refractivity contribution >= 4 is 27.5 Å². The fourth-order valence-electron chi connectivity index (χ4n) is 2.00. The third kappa shape index (κ3) is 3.52. The summed E-state index contributed by atoms with van der Waals surface area (Å²) in [6.45, 7) is 0.439. The Balaban J connectivity index is 2.24. The van der Waals surface area contributed by atoms with Gasteiger partial charge in [-0.3, -0.25) is 0 Å². The highest BCUT2D eigenvalue weighted by Gasteiger charge is 2.10. The number of anilines is 1. The Labute approximate surface area is 130 Å². The second-order valence-electron chi connectivity index (χ2n) is 4.60. The highest BCUT2D eigenvalue weighted by molar-refractivity contribution is 9.10. The van der Waals surface area contributed by atoms with Crippen molar-refractivity contribution in [3.05, 3.63) is 63.9 Å². The van der Waals surface area contributed by atoms with Gasteiger partial charge >= 0.3 is 0 Å². The smallest absolute Gasteiger partial charge is 0.170 e. The lowest BCUT2D eigenvalue weighted by atomic mass is 10.1. The van der Waals surface area contributed by atoms with E-state index in [2.05, 4.69) is 21.1 Å². The fraction of sp³-hybridized carbons (Fsp3) is 0.133. The van der Waals surface area contributed by atoms with Crippen LogP contribution < -0.4 is 10.6 Å². The molecule has 0 fully saturated rings. The predicted octanol–water partition coefficient (Wildman–Crippen LogP) is 3.32. The van der Waals surface area contributed by atoms with Gasteiger partial charge in [-0.1, -0.05) is 23.4 Å². The van der Waals surface area contributed by atoms with Crippen molar-refractivity contribution in [1.29, 1.82) is 0 Å². The van der Waals surface area contributed by atoms with E-state index in [9.17, 15) is 4.39 Å². The van der Waals surface area contributed by atoms with Gasteiger partial charge < -0.3 is 15.8 Å². The number of rotatable bonds is 4. The van der Waals surface area contributed by atoms with Crippen molar-refractivity contribution in [3.63, 3.8) is 0 Å². The molecule has 0 bridgehead atoms. The monoisotopic (exact) mass is 351 g/mol. The van der Waals surface area contributed by atoms with Gasteiger partial charge in [0.05, 0.1) is 5.69 Å². The molecule has 0 saturated heterocycles. The molecule has 0 heterocycles. The number of halogens is 2. The lowest BCUT2D eigenvalue weighted by Crippen LogP contribution is -2.18. The second kappa shape index (κ2) is 6.58. The first kappa shape index (κ1) is 15.3. The summed E-state index contributed by atoms with van der Waals surface area (Å²) in [5.41, 5.74) is 7.65. The molecule has 0 spiro atoms. The van der Waals surface area contributed by atoms with Crippen LogP contribution >= 0.6 is 15.9 Å². The van der Waals surface area contributed by atoms with E-state index in [0.717, 1.165) is 10.2 Å². The van der Waals surface area contributed by atoms with Gasteiger partial charge in [-0.15, -0.1) is 0 Å². The quantitative estimate of drug-likeness (QED) is 0.384. The zero-order valence-corrected chi connectivity index (χ0v) is 13.0. The molecule has 0 atom stereocenters. The second-order valence-corrected chi connectivity index (χ2v) is 5.45. The van der Waals surface area contributed by atoms with Crippen LogP contribution in [-0.2, 0) is 6.54 Å². The van der Waals surface area contributed by atoms with Gasteiger partial charge in [0, 0.05) is 29.2 Å². The van der Waals surface area contributed by atoms with E-state index < -0.39 is 0 Å². The molecule has 0 saturated carbocycles. The van der Waals surface area contributed by atoms with Gasteiger partial charge in [-0.05, 0) is 40.2 Å². The Morgan fingerprint density at radius 3 is 2.67 bits per heavy atom. The first-order chi connectivity index (χ1) is 10.0. The summed E-state index contributed by atoms with van der Waals surface area (Å²) < 4.78 is 14.5. The maximum Gasteiger partial charge on any atom is 0.170 e. The van der Waals surface area contributed by atoms with E-state index in [0.29, 0.717) is 17.7 Å². The van der Waals surface area contributed by atoms with E-state index in [-0.39, 0.29) is 11.7 Å². The van der Waals surface area contributed by atoms with Gasteiger partial charge in [-0.25, -0.2) is 4.39 Å². The van der Waals surface area contributed by atoms with Crippen LogP contribution in [-0.4, -0.2) is 18.1 Å². The first-order valence-corrected chi connectivity index (χ1v) is 7.04. The maximum atomic E-state index is 13.7. The van der Waals surface area contributed by atoms with Gasteiger partial charge in [0.25, 0.3) is 0 Å². The first-order valence-electron chi connectivity index (χ1n) is 6.25. The number of nitrogens with zero attached hydrogens (tertiary/aromatic N) is 2. The molecule has 110 valence electrons. The minimum absolute atomic E-state index is 0.0407. The van der Waals surface area contributed by atoms with Crippen LogP contribution in [0.25, 0.3) is 0 Å². The zero-order chi connectivity index (χ0) is 15.4. The summed E-state index contributed by atoms with van der Waals surface area (Å²) >= 11 is 3.45. The van der Waals surface area contributed by atoms with Crippen LogP contribution in [0, 0.1) is 5.82 Å². The molecule has 0 aliphatic carbocycles. The lowest BCUT2D eigenvalue weighted by Gasteiger charge is -2.21. The van der Waals surface area contributed by atoms with Gasteiger partial charge in [0.1, 0.15) is 5.82 Å². The number of benzene rings is 2. The number of nitrogens with two attached hydrogens (primary N) is 1. The van der Waals surface area contributed by atoms with E-state index in [4.69, 9.17) is 10.9 Å². The van der Waals surface area contributed by atoms with Crippen molar-refractivity contribution in [2.75, 3.05) is 11.9 Å². The number of oxime groups is 1. The molecule has 0 aromatic heterocycles. The lowest BCUT2D eigenvalue weighted by molar-refractivity contribution is 0.318. The van der Waals surface area contributed by atoms with Gasteiger partial charge in [0.15, 0.2) is 5.84 Å². The molecule has 21 heavy (non-hydrogen) atoms. The number of hydrogen-bond donors (Lipinski definition) is 2. The van der Waals surface area contributed by atoms with E-state index in [1.54, 1.807) is 24.3 Å². The molecule has 0 unspecified atom stereocenters. The normalized spacial score (nSPS) is 11.5. The van der Waals surface area contributed by atoms with Crippen molar-refractivity contribution in [3.8, 4) is 0 Å². The minimum atomic E-state index is -0.228. The standard InChI is InChI=1S/C15H15BrFN3O/c1-20(9-11-4-2-3-5-13(11)17)14-7-6-10(8-12(14)16)15(18)19-21/h2-8,21H,9H2,1H3,(H2,18,19). The van der Waals surface area contributed by atoms with Crippen LogP contribution in [0.4, 0.5) is 10.1 Å². The van der Waals surface area contributed by atoms with Crippen LogP contribution in [0.1, 0.15) is 11.1 Å². The van der Waals surface area contributed by atoms with Crippen LogP contribution in [0.5, 0.6) is 0 Å². The van der Waals surface area contributed by atoms with Crippen LogP contribution in [0.3, 0.4) is 0 Å². The summed E-state index contributed by atoms with van der Waals surface area (Å²) in [5, 5.41) is 11.6. The number of hydrogen-bond acceptors (Lipinski definition) is 3. The summed E-state index contributed by atoms with van der Waals surface area (Å²) in [6.07, 6.45) is 0. The van der Waals surface area contributed by atoms with Crippen molar-refractivity contribution < 1.29 is 9.60 Å². The molecule has 6 heteroatoms. The third-order valence-electron chi connectivity index (χ3n) is 3.13. The predicted molar refractivity (Wildman–Crippen MR) is 85.2 cm³/mol. The molecule has 2 rings (SSSR count). The third-order valence-corrected chi connectivity index (χ3v) is 3.76. The van der Waals surface area contributed by atoms with Gasteiger partial charge in [0.2, 0.25) is 0 Å². The molecule has 4 nitrogen and oxygen atoms in total. The fourth-order valence-corrected chi connectivity index (χ4v) is 2.68. The average Bonchev–Trinajstić information content (AvgIpc) is 2.48. The molecule has 0 amide bonds. The molecule has 0 aliphatic heterocycles. The highest BCUT2D eigenvalue weighted by Crippen LogP contribution is 2.28. The van der Waals surface area contributed by atoms with Crippen molar-refractivity contribution in [1.82, 2.24) is 0 Å². The van der Waals surface area contributed by atoms with Crippen LogP contribution in [0.15, 0.2) is 52.1 Å². The van der Waals surface area contributed by atoms with E-state index >= 15 is 0 Å². The van der Waals surface area contributed by atoms with Crippen molar-refractivity contribution in [2.24, 2.45) is 10.9 Å². The molecular formula is C15H15BrFN3O. The van der Waals surface area contributed by atoms with Crippen LogP contribution in [0.2, 0.25) is 0 Å². The molecule has 3 N–H and O–H groups in total. The van der Waals surface area contributed by atoms with Gasteiger partial charge in [-0.2, -0.15) is 0 Å². The Morgan fingerprint density at radius 2 is 2.05 bits per heavy atom. The number of amidine groups is 1. The zero-order valence-electron chi connectivity index (χ0n) is 11.4. The molecular weight excluding hydrogens is 337 g/mol. The summed E-state index contributed by atoms with van der Waals surface area (Å²) in [6, 6.07) is 12.0. The molecule has 0 radical (unpaired) electrons. The van der Waals surface area contributed by atoms with Crippen molar-refractivity contribution in [2.45, 2.75) is 6.54 Å². The Morgan fingerprint density at radius 1 is 1.33 bits per heavy atom. The Kier molecular flexibility index (Phi) is 4.80. The Bertz CT molecular complexity index is 676. The maximum absolute atomic E-state index is 13.7. The SMILES string of the molecule is CN(Cc1ccccc1F)c1ccc(/C(N)=N/O)cc1Br. The van der Waals surface area contributed by atoms with E-state index in [1.807, 2.05) is 24.1 Å². The highest BCUT2D eigenvalue weighted by atomic mass is 79.9. The van der Waals surface area contributed by atoms with E-state index in [1.165, 1.54) is 6.07 Å². The topological polar surface area (TPSA) is 61.8 Å². The molecule has 0 aliphatic rings. The summed E-state index contributed by atoms with van der Waals surface area (Å²) in [5.74, 6) is -0.187. The summed E-state index contributed by atoms with van der Waals surface area (Å²) in [4.78, 5) is 1.92. The summed E-state index contributed by atoms with van der Waals surface area (Å²) in [7, 11) is 1.87.